The van der Waals surface area contributed by atoms with E-state index >= 15 is 0 Å². The number of hydrogen-bond acceptors (Lipinski definition) is 3. The number of aromatic nitrogens is 1. The largest absolute Gasteiger partial charge is 0.348 e. The molecule has 1 aliphatic heterocycles. The second kappa shape index (κ2) is 7.87. The van der Waals surface area contributed by atoms with E-state index in [-0.39, 0.29) is 18.0 Å². The van der Waals surface area contributed by atoms with Crippen LogP contribution in [-0.2, 0) is 6.54 Å². The van der Waals surface area contributed by atoms with Crippen molar-refractivity contribution < 1.29 is 4.79 Å². The van der Waals surface area contributed by atoms with Gasteiger partial charge in [0.2, 0.25) is 0 Å². The molecule has 138 valence electrons. The van der Waals surface area contributed by atoms with Crippen molar-refractivity contribution in [2.24, 2.45) is 0 Å². The lowest BCUT2D eigenvalue weighted by Crippen LogP contribution is -2.29. The summed E-state index contributed by atoms with van der Waals surface area (Å²) in [4.78, 5) is 27.6. The van der Waals surface area contributed by atoms with Crippen molar-refractivity contribution in [2.45, 2.75) is 46.1 Å². The van der Waals surface area contributed by atoms with E-state index in [2.05, 4.69) is 21.7 Å². The monoisotopic (exact) mass is 353 g/mol. The normalized spacial score (nSPS) is 15.0. The zero-order chi connectivity index (χ0) is 18.7. The summed E-state index contributed by atoms with van der Waals surface area (Å²) in [6.45, 7) is 8.05. The van der Waals surface area contributed by atoms with Crippen molar-refractivity contribution in [3.8, 4) is 0 Å². The fraction of sp³-hybridized carbons (Fsp3) is 0.429. The summed E-state index contributed by atoms with van der Waals surface area (Å²) in [5.41, 5.74) is 5.20. The van der Waals surface area contributed by atoms with Crippen LogP contribution >= 0.6 is 0 Å². The molecule has 0 aliphatic carbocycles. The van der Waals surface area contributed by atoms with Crippen molar-refractivity contribution in [1.82, 2.24) is 15.6 Å². The van der Waals surface area contributed by atoms with E-state index in [1.54, 1.807) is 0 Å². The summed E-state index contributed by atoms with van der Waals surface area (Å²) in [5.74, 6) is 0.379. The number of H-pyrrole nitrogens is 1. The van der Waals surface area contributed by atoms with Crippen LogP contribution in [0.1, 0.15) is 57.1 Å². The summed E-state index contributed by atoms with van der Waals surface area (Å²) in [6, 6.07) is 7.88. The number of piperidine rings is 1. The number of carbonyl (C=O) groups excluding carboxylic acids is 1. The molecule has 0 atom stereocenters. The molecule has 1 aromatic carbocycles. The molecule has 1 fully saturated rings. The average molecular weight is 353 g/mol. The van der Waals surface area contributed by atoms with Crippen LogP contribution in [0.2, 0.25) is 0 Å². The van der Waals surface area contributed by atoms with Crippen molar-refractivity contribution in [3.63, 3.8) is 0 Å². The molecule has 5 heteroatoms. The SMILES string of the molecule is Cc1cc(C)c(CNC(=O)c2cccc(C3CCNCC3)c2C)c(=O)[nH]1. The summed E-state index contributed by atoms with van der Waals surface area (Å²) >= 11 is 0. The van der Waals surface area contributed by atoms with Crippen molar-refractivity contribution in [1.29, 1.82) is 0 Å². The third kappa shape index (κ3) is 3.88. The number of aryl methyl sites for hydroxylation is 2. The third-order valence-electron chi connectivity index (χ3n) is 5.32. The molecule has 2 aromatic rings. The van der Waals surface area contributed by atoms with Gasteiger partial charge in [0.25, 0.3) is 11.5 Å². The van der Waals surface area contributed by atoms with Gasteiger partial charge in [-0.3, -0.25) is 9.59 Å². The van der Waals surface area contributed by atoms with Gasteiger partial charge in [-0.2, -0.15) is 0 Å². The second-order valence-electron chi connectivity index (χ2n) is 7.17. The Morgan fingerprint density at radius 1 is 1.19 bits per heavy atom. The standard InChI is InChI=1S/C21H27N3O2/c1-13-11-14(2)24-21(26)19(13)12-23-20(25)18-6-4-5-17(15(18)3)16-7-9-22-10-8-16/h4-6,11,16,22H,7-10,12H2,1-3H3,(H,23,25)(H,24,26). The molecule has 1 amide bonds. The summed E-state index contributed by atoms with van der Waals surface area (Å²) in [6.07, 6.45) is 2.20. The van der Waals surface area contributed by atoms with Crippen LogP contribution < -0.4 is 16.2 Å². The highest BCUT2D eigenvalue weighted by molar-refractivity contribution is 5.95. The van der Waals surface area contributed by atoms with Crippen LogP contribution in [0, 0.1) is 20.8 Å². The average Bonchev–Trinajstić information content (AvgIpc) is 2.61. The lowest BCUT2D eigenvalue weighted by molar-refractivity contribution is 0.0950. The Morgan fingerprint density at radius 2 is 1.92 bits per heavy atom. The first-order valence-electron chi connectivity index (χ1n) is 9.25. The highest BCUT2D eigenvalue weighted by Crippen LogP contribution is 2.29. The number of benzene rings is 1. The van der Waals surface area contributed by atoms with Crippen LogP contribution in [-0.4, -0.2) is 24.0 Å². The maximum Gasteiger partial charge on any atom is 0.253 e. The number of aromatic amines is 1. The molecule has 26 heavy (non-hydrogen) atoms. The van der Waals surface area contributed by atoms with Gasteiger partial charge in [0.15, 0.2) is 0 Å². The predicted octanol–water partition coefficient (Wildman–Crippen LogP) is 2.70. The van der Waals surface area contributed by atoms with Gasteiger partial charge < -0.3 is 15.6 Å². The van der Waals surface area contributed by atoms with Crippen molar-refractivity contribution in [3.05, 3.63) is 68.1 Å². The summed E-state index contributed by atoms with van der Waals surface area (Å²) in [7, 11) is 0. The molecule has 1 saturated heterocycles. The first-order chi connectivity index (χ1) is 12.5. The number of nitrogens with one attached hydrogen (secondary N) is 3. The number of carbonyl (C=O) groups is 1. The number of rotatable bonds is 4. The molecule has 1 aromatic heterocycles. The lowest BCUT2D eigenvalue weighted by Gasteiger charge is -2.25. The lowest BCUT2D eigenvalue weighted by atomic mass is 9.86. The maximum atomic E-state index is 12.7. The molecule has 0 bridgehead atoms. The maximum absolute atomic E-state index is 12.7. The van der Waals surface area contributed by atoms with E-state index in [1.165, 1.54) is 5.56 Å². The highest BCUT2D eigenvalue weighted by Gasteiger charge is 2.20. The Hall–Kier alpha value is -2.40. The molecule has 0 saturated carbocycles. The highest BCUT2D eigenvalue weighted by atomic mass is 16.1. The Bertz CT molecular complexity index is 864. The van der Waals surface area contributed by atoms with E-state index in [0.29, 0.717) is 17.0 Å². The Balaban J connectivity index is 1.77. The third-order valence-corrected chi connectivity index (χ3v) is 5.32. The van der Waals surface area contributed by atoms with Gasteiger partial charge in [-0.1, -0.05) is 12.1 Å². The zero-order valence-electron chi connectivity index (χ0n) is 15.7. The van der Waals surface area contributed by atoms with Crippen molar-refractivity contribution in [2.75, 3.05) is 13.1 Å². The molecule has 0 radical (unpaired) electrons. The molecule has 3 N–H and O–H groups in total. The fourth-order valence-corrected chi connectivity index (χ4v) is 3.84. The first-order valence-corrected chi connectivity index (χ1v) is 9.25. The fourth-order valence-electron chi connectivity index (χ4n) is 3.84. The van der Waals surface area contributed by atoms with E-state index in [4.69, 9.17) is 0 Å². The summed E-state index contributed by atoms with van der Waals surface area (Å²) in [5, 5.41) is 6.30. The van der Waals surface area contributed by atoms with Gasteiger partial charge in [0.05, 0.1) is 0 Å². The van der Waals surface area contributed by atoms with Crippen LogP contribution in [0.4, 0.5) is 0 Å². The topological polar surface area (TPSA) is 74.0 Å². The minimum absolute atomic E-state index is 0.127. The molecule has 5 nitrogen and oxygen atoms in total. The van der Waals surface area contributed by atoms with Crippen LogP contribution in [0.15, 0.2) is 29.1 Å². The van der Waals surface area contributed by atoms with Gasteiger partial charge in [-0.15, -0.1) is 0 Å². The molecular weight excluding hydrogens is 326 g/mol. The van der Waals surface area contributed by atoms with Gasteiger partial charge in [0.1, 0.15) is 0 Å². The Labute approximate surface area is 154 Å². The quantitative estimate of drug-likeness (QED) is 0.791. The Kier molecular flexibility index (Phi) is 5.57. The van der Waals surface area contributed by atoms with Crippen molar-refractivity contribution >= 4 is 5.91 Å². The van der Waals surface area contributed by atoms with Gasteiger partial charge >= 0.3 is 0 Å². The van der Waals surface area contributed by atoms with Gasteiger partial charge in [-0.25, -0.2) is 0 Å². The zero-order valence-corrected chi connectivity index (χ0v) is 15.7. The first kappa shape index (κ1) is 18.4. The molecule has 0 spiro atoms. The number of amides is 1. The molecular formula is C21H27N3O2. The van der Waals surface area contributed by atoms with Gasteiger partial charge in [0, 0.05) is 23.4 Å². The Morgan fingerprint density at radius 3 is 2.62 bits per heavy atom. The molecule has 1 aliphatic rings. The molecule has 3 rings (SSSR count). The van der Waals surface area contributed by atoms with Gasteiger partial charge in [-0.05, 0) is 81.4 Å². The van der Waals surface area contributed by atoms with E-state index < -0.39 is 0 Å². The number of pyridine rings is 1. The second-order valence-corrected chi connectivity index (χ2v) is 7.17. The summed E-state index contributed by atoms with van der Waals surface area (Å²) < 4.78 is 0. The molecule has 0 unspecified atom stereocenters. The van der Waals surface area contributed by atoms with E-state index in [9.17, 15) is 9.59 Å². The minimum Gasteiger partial charge on any atom is -0.348 e. The molecule has 2 heterocycles. The van der Waals surface area contributed by atoms with E-state index in [1.807, 2.05) is 39.0 Å². The van der Waals surface area contributed by atoms with Crippen LogP contribution in [0.25, 0.3) is 0 Å². The minimum atomic E-state index is -0.136. The van der Waals surface area contributed by atoms with Crippen LogP contribution in [0.5, 0.6) is 0 Å². The smallest absolute Gasteiger partial charge is 0.253 e. The van der Waals surface area contributed by atoms with E-state index in [0.717, 1.165) is 42.8 Å². The predicted molar refractivity (Wildman–Crippen MR) is 104 cm³/mol. The van der Waals surface area contributed by atoms with Crippen LogP contribution in [0.3, 0.4) is 0 Å². The number of hydrogen-bond donors (Lipinski definition) is 3.